The second-order valence-corrected chi connectivity index (χ2v) is 3.84. The SMILES string of the molecule is OCc1cc2n(n1)Cc1ccccc1OC2. The van der Waals surface area contributed by atoms with E-state index in [1.165, 1.54) is 0 Å². The molecule has 1 aromatic heterocycles. The zero-order valence-corrected chi connectivity index (χ0v) is 8.76. The molecule has 2 heterocycles. The molecule has 0 saturated carbocycles. The monoisotopic (exact) mass is 216 g/mol. The van der Waals surface area contributed by atoms with Gasteiger partial charge in [-0.3, -0.25) is 4.68 Å². The molecule has 1 aliphatic heterocycles. The van der Waals surface area contributed by atoms with Gasteiger partial charge in [0.25, 0.3) is 0 Å². The van der Waals surface area contributed by atoms with Crippen molar-refractivity contribution >= 4 is 0 Å². The standard InChI is InChI=1S/C12H12N2O2/c15-7-10-5-11-8-16-12-4-2-1-3-9(12)6-14(11)13-10/h1-5,15H,6-8H2. The molecule has 2 aromatic rings. The fourth-order valence-electron chi connectivity index (χ4n) is 1.93. The molecule has 0 unspecified atom stereocenters. The van der Waals surface area contributed by atoms with Crippen LogP contribution in [0.2, 0.25) is 0 Å². The highest BCUT2D eigenvalue weighted by Gasteiger charge is 2.15. The van der Waals surface area contributed by atoms with E-state index in [9.17, 15) is 0 Å². The van der Waals surface area contributed by atoms with Gasteiger partial charge >= 0.3 is 0 Å². The molecule has 0 amide bonds. The summed E-state index contributed by atoms with van der Waals surface area (Å²) in [5.74, 6) is 0.915. The van der Waals surface area contributed by atoms with Gasteiger partial charge in [-0.25, -0.2) is 0 Å². The molecule has 3 rings (SSSR count). The van der Waals surface area contributed by atoms with Gasteiger partial charge in [0.15, 0.2) is 0 Å². The van der Waals surface area contributed by atoms with Crippen LogP contribution in [0.4, 0.5) is 0 Å². The Balaban J connectivity index is 2.03. The van der Waals surface area contributed by atoms with Gasteiger partial charge in [-0.1, -0.05) is 18.2 Å². The molecule has 1 aliphatic rings. The van der Waals surface area contributed by atoms with Crippen LogP contribution in [0.5, 0.6) is 5.75 Å². The van der Waals surface area contributed by atoms with Crippen LogP contribution in [-0.2, 0) is 19.8 Å². The lowest BCUT2D eigenvalue weighted by molar-refractivity contribution is 0.275. The highest BCUT2D eigenvalue weighted by atomic mass is 16.5. The summed E-state index contributed by atoms with van der Waals surface area (Å²) in [4.78, 5) is 0. The molecule has 0 aliphatic carbocycles. The fraction of sp³-hybridized carbons (Fsp3) is 0.250. The maximum absolute atomic E-state index is 9.04. The summed E-state index contributed by atoms with van der Waals surface area (Å²) in [7, 11) is 0. The Morgan fingerprint density at radius 1 is 1.38 bits per heavy atom. The van der Waals surface area contributed by atoms with Gasteiger partial charge in [0.1, 0.15) is 12.4 Å². The Labute approximate surface area is 93.1 Å². The van der Waals surface area contributed by atoms with Crippen molar-refractivity contribution in [2.45, 2.75) is 19.8 Å². The van der Waals surface area contributed by atoms with E-state index in [0.717, 1.165) is 17.0 Å². The first-order chi connectivity index (χ1) is 7.86. The van der Waals surface area contributed by atoms with Crippen molar-refractivity contribution in [3.63, 3.8) is 0 Å². The molecule has 0 atom stereocenters. The van der Waals surface area contributed by atoms with E-state index in [4.69, 9.17) is 9.84 Å². The van der Waals surface area contributed by atoms with E-state index in [1.54, 1.807) is 0 Å². The molecule has 4 heteroatoms. The van der Waals surface area contributed by atoms with Crippen LogP contribution in [-0.4, -0.2) is 14.9 Å². The number of aromatic nitrogens is 2. The van der Waals surface area contributed by atoms with Crippen molar-refractivity contribution in [2.24, 2.45) is 0 Å². The third-order valence-electron chi connectivity index (χ3n) is 2.74. The predicted molar refractivity (Wildman–Crippen MR) is 58.0 cm³/mol. The van der Waals surface area contributed by atoms with Crippen LogP contribution < -0.4 is 4.74 Å². The smallest absolute Gasteiger partial charge is 0.130 e. The highest BCUT2D eigenvalue weighted by Crippen LogP contribution is 2.24. The average Bonchev–Trinajstić information content (AvgIpc) is 2.63. The van der Waals surface area contributed by atoms with Crippen molar-refractivity contribution < 1.29 is 9.84 Å². The minimum atomic E-state index is -0.0261. The second kappa shape index (κ2) is 3.64. The molecular formula is C12H12N2O2. The van der Waals surface area contributed by atoms with Crippen molar-refractivity contribution in [3.8, 4) is 5.75 Å². The Kier molecular flexibility index (Phi) is 2.15. The third-order valence-corrected chi connectivity index (χ3v) is 2.74. The predicted octanol–water partition coefficient (Wildman–Crippen LogP) is 1.32. The third kappa shape index (κ3) is 1.47. The lowest BCUT2D eigenvalue weighted by atomic mass is 10.2. The molecule has 1 N–H and O–H groups in total. The van der Waals surface area contributed by atoms with E-state index in [2.05, 4.69) is 5.10 Å². The van der Waals surface area contributed by atoms with Crippen LogP contribution >= 0.6 is 0 Å². The molecule has 4 nitrogen and oxygen atoms in total. The molecule has 0 saturated heterocycles. The van der Waals surface area contributed by atoms with Crippen molar-refractivity contribution in [1.82, 2.24) is 9.78 Å². The summed E-state index contributed by atoms with van der Waals surface area (Å²) < 4.78 is 7.58. The van der Waals surface area contributed by atoms with Crippen LogP contribution in [0.25, 0.3) is 0 Å². The van der Waals surface area contributed by atoms with Gasteiger partial charge in [-0.05, 0) is 12.1 Å². The molecular weight excluding hydrogens is 204 g/mol. The molecule has 0 bridgehead atoms. The van der Waals surface area contributed by atoms with E-state index in [-0.39, 0.29) is 6.61 Å². The summed E-state index contributed by atoms with van der Waals surface area (Å²) in [5, 5.41) is 13.4. The number of rotatable bonds is 1. The van der Waals surface area contributed by atoms with Gasteiger partial charge < -0.3 is 9.84 Å². The number of hydrogen-bond acceptors (Lipinski definition) is 3. The number of nitrogens with zero attached hydrogens (tertiary/aromatic N) is 2. The summed E-state index contributed by atoms with van der Waals surface area (Å²) in [6.07, 6.45) is 0. The summed E-state index contributed by atoms with van der Waals surface area (Å²) >= 11 is 0. The minimum absolute atomic E-state index is 0.0261. The first-order valence-electron chi connectivity index (χ1n) is 5.24. The minimum Gasteiger partial charge on any atom is -0.487 e. The van der Waals surface area contributed by atoms with Gasteiger partial charge in [0.2, 0.25) is 0 Å². The topological polar surface area (TPSA) is 47.3 Å². The number of hydrogen-bond donors (Lipinski definition) is 1. The molecule has 1 aromatic carbocycles. The first kappa shape index (κ1) is 9.42. The second-order valence-electron chi connectivity index (χ2n) is 3.84. The highest BCUT2D eigenvalue weighted by molar-refractivity contribution is 5.35. The maximum atomic E-state index is 9.04. The van der Waals surface area contributed by atoms with Crippen LogP contribution in [0.15, 0.2) is 30.3 Å². The van der Waals surface area contributed by atoms with E-state index in [1.807, 2.05) is 35.0 Å². The Morgan fingerprint density at radius 2 is 2.25 bits per heavy atom. The molecule has 16 heavy (non-hydrogen) atoms. The first-order valence-corrected chi connectivity index (χ1v) is 5.24. The molecule has 0 fully saturated rings. The van der Waals surface area contributed by atoms with Gasteiger partial charge in [-0.15, -0.1) is 0 Å². The number of aliphatic hydroxyl groups excluding tert-OH is 1. The number of para-hydroxylation sites is 1. The van der Waals surface area contributed by atoms with Gasteiger partial charge in [0, 0.05) is 5.56 Å². The van der Waals surface area contributed by atoms with Gasteiger partial charge in [-0.2, -0.15) is 5.10 Å². The van der Waals surface area contributed by atoms with Gasteiger partial charge in [0.05, 0.1) is 24.5 Å². The van der Waals surface area contributed by atoms with E-state index < -0.39 is 0 Å². The molecule has 0 spiro atoms. The van der Waals surface area contributed by atoms with Crippen molar-refractivity contribution in [1.29, 1.82) is 0 Å². The lowest BCUT2D eigenvalue weighted by Gasteiger charge is -2.04. The van der Waals surface area contributed by atoms with Crippen molar-refractivity contribution in [2.75, 3.05) is 0 Å². The Bertz CT molecular complexity index is 519. The zero-order valence-electron chi connectivity index (χ0n) is 8.76. The zero-order chi connectivity index (χ0) is 11.0. The summed E-state index contributed by atoms with van der Waals surface area (Å²) in [6.45, 7) is 1.18. The number of benzene rings is 1. The van der Waals surface area contributed by atoms with Crippen molar-refractivity contribution in [3.05, 3.63) is 47.3 Å². The van der Waals surface area contributed by atoms with Crippen LogP contribution in [0.3, 0.4) is 0 Å². The van der Waals surface area contributed by atoms with Crippen LogP contribution in [0.1, 0.15) is 17.0 Å². The largest absolute Gasteiger partial charge is 0.487 e. The van der Waals surface area contributed by atoms with E-state index >= 15 is 0 Å². The normalized spacial score (nSPS) is 13.6. The average molecular weight is 216 g/mol. The molecule has 0 radical (unpaired) electrons. The van der Waals surface area contributed by atoms with E-state index in [0.29, 0.717) is 18.8 Å². The Hall–Kier alpha value is -1.81. The summed E-state index contributed by atoms with van der Waals surface area (Å²) in [6, 6.07) is 9.83. The number of ether oxygens (including phenoxy) is 1. The fourth-order valence-corrected chi connectivity index (χ4v) is 1.93. The maximum Gasteiger partial charge on any atom is 0.130 e. The number of aliphatic hydroxyl groups is 1. The lowest BCUT2D eigenvalue weighted by Crippen LogP contribution is -2.04. The Morgan fingerprint density at radius 3 is 3.12 bits per heavy atom. The van der Waals surface area contributed by atoms with Crippen LogP contribution in [0, 0.1) is 0 Å². The quantitative estimate of drug-likeness (QED) is 0.782. The summed E-state index contributed by atoms with van der Waals surface area (Å²) in [5.41, 5.74) is 2.81. The number of fused-ring (bicyclic) bond motifs is 2. The molecule has 82 valence electrons.